The molecule has 2 atom stereocenters. The van der Waals surface area contributed by atoms with Crippen LogP contribution in [0.1, 0.15) is 54.4 Å². The summed E-state index contributed by atoms with van der Waals surface area (Å²) in [6, 6.07) is 1.37. The highest BCUT2D eigenvalue weighted by Gasteiger charge is 2.41. The van der Waals surface area contributed by atoms with Crippen LogP contribution < -0.4 is 5.32 Å². The van der Waals surface area contributed by atoms with Gasteiger partial charge >= 0.3 is 0 Å². The van der Waals surface area contributed by atoms with E-state index in [1.165, 1.54) is 25.9 Å². The summed E-state index contributed by atoms with van der Waals surface area (Å²) in [5.74, 6) is 0.826. The van der Waals surface area contributed by atoms with E-state index in [1.807, 2.05) is 0 Å². The van der Waals surface area contributed by atoms with E-state index in [1.54, 1.807) is 0 Å². The molecule has 1 saturated carbocycles. The average molecular weight is 240 g/mol. The summed E-state index contributed by atoms with van der Waals surface area (Å²) in [5, 5.41) is 3.73. The Morgan fingerprint density at radius 1 is 1.29 bits per heavy atom. The molecule has 0 aromatic rings. The summed E-state index contributed by atoms with van der Waals surface area (Å²) in [6.45, 7) is 17.5. The third-order valence-corrected chi connectivity index (χ3v) is 4.50. The van der Waals surface area contributed by atoms with E-state index >= 15 is 0 Å². The second-order valence-electron chi connectivity index (χ2n) is 6.50. The van der Waals surface area contributed by atoms with Crippen molar-refractivity contribution in [3.05, 3.63) is 0 Å². The summed E-state index contributed by atoms with van der Waals surface area (Å²) < 4.78 is 0. The predicted molar refractivity (Wildman–Crippen MR) is 76.4 cm³/mol. The van der Waals surface area contributed by atoms with Gasteiger partial charge in [0.1, 0.15) is 0 Å². The minimum Gasteiger partial charge on any atom is -0.313 e. The fourth-order valence-electron chi connectivity index (χ4n) is 3.38. The van der Waals surface area contributed by atoms with E-state index in [0.29, 0.717) is 17.5 Å². The number of hydrogen-bond acceptors (Lipinski definition) is 2. The van der Waals surface area contributed by atoms with Crippen LogP contribution in [0, 0.1) is 11.3 Å². The maximum Gasteiger partial charge on any atom is 0.0159 e. The third kappa shape index (κ3) is 3.69. The van der Waals surface area contributed by atoms with Gasteiger partial charge in [-0.05, 0) is 51.1 Å². The Kier molecular flexibility index (Phi) is 5.46. The van der Waals surface area contributed by atoms with Crippen LogP contribution in [-0.2, 0) is 0 Å². The van der Waals surface area contributed by atoms with Crippen molar-refractivity contribution in [2.75, 3.05) is 19.6 Å². The zero-order chi connectivity index (χ0) is 13.1. The molecule has 2 heteroatoms. The van der Waals surface area contributed by atoms with Crippen molar-refractivity contribution in [2.24, 2.45) is 11.3 Å². The zero-order valence-electron chi connectivity index (χ0n) is 12.7. The first-order chi connectivity index (χ1) is 7.92. The van der Waals surface area contributed by atoms with Crippen molar-refractivity contribution in [3.8, 4) is 0 Å². The van der Waals surface area contributed by atoms with E-state index in [0.717, 1.165) is 12.5 Å². The maximum absolute atomic E-state index is 3.73. The standard InChI is InChI=1S/C15H32N2/c1-7-16-14-13(9-10-15(14,5)6)11-17(8-2)12(3)4/h12-14,16H,7-11H2,1-6H3. The van der Waals surface area contributed by atoms with Crippen LogP contribution in [0.25, 0.3) is 0 Å². The molecule has 0 bridgehead atoms. The lowest BCUT2D eigenvalue weighted by molar-refractivity contribution is 0.163. The van der Waals surface area contributed by atoms with Crippen molar-refractivity contribution < 1.29 is 0 Å². The first-order valence-electron chi connectivity index (χ1n) is 7.39. The first-order valence-corrected chi connectivity index (χ1v) is 7.39. The molecule has 1 aliphatic rings. The molecule has 102 valence electrons. The topological polar surface area (TPSA) is 15.3 Å². The summed E-state index contributed by atoms with van der Waals surface area (Å²) in [4.78, 5) is 2.61. The molecule has 0 aromatic heterocycles. The van der Waals surface area contributed by atoms with Crippen molar-refractivity contribution in [3.63, 3.8) is 0 Å². The number of nitrogens with zero attached hydrogens (tertiary/aromatic N) is 1. The van der Waals surface area contributed by atoms with Gasteiger partial charge in [0.05, 0.1) is 0 Å². The minimum absolute atomic E-state index is 0.469. The summed E-state index contributed by atoms with van der Waals surface area (Å²) in [6.07, 6.45) is 2.75. The van der Waals surface area contributed by atoms with Gasteiger partial charge in [0.25, 0.3) is 0 Å². The molecule has 1 rings (SSSR count). The van der Waals surface area contributed by atoms with Crippen molar-refractivity contribution >= 4 is 0 Å². The molecule has 17 heavy (non-hydrogen) atoms. The van der Waals surface area contributed by atoms with Crippen LogP contribution in [-0.4, -0.2) is 36.6 Å². The molecule has 0 amide bonds. The molecule has 0 radical (unpaired) electrons. The van der Waals surface area contributed by atoms with E-state index in [4.69, 9.17) is 0 Å². The van der Waals surface area contributed by atoms with Crippen LogP contribution in [0.4, 0.5) is 0 Å². The number of hydrogen-bond donors (Lipinski definition) is 1. The Bertz CT molecular complexity index is 223. The number of nitrogens with one attached hydrogen (secondary N) is 1. The number of rotatable bonds is 6. The largest absolute Gasteiger partial charge is 0.313 e. The Hall–Kier alpha value is -0.0800. The van der Waals surface area contributed by atoms with Crippen LogP contribution in [0.3, 0.4) is 0 Å². The fraction of sp³-hybridized carbons (Fsp3) is 1.00. The Labute approximate surface area is 108 Å². The molecule has 1 fully saturated rings. The van der Waals surface area contributed by atoms with E-state index in [-0.39, 0.29) is 0 Å². The monoisotopic (exact) mass is 240 g/mol. The van der Waals surface area contributed by atoms with Crippen LogP contribution in [0.5, 0.6) is 0 Å². The highest BCUT2D eigenvalue weighted by Crippen LogP contribution is 2.41. The fourth-order valence-corrected chi connectivity index (χ4v) is 3.38. The summed E-state index contributed by atoms with van der Waals surface area (Å²) in [7, 11) is 0. The highest BCUT2D eigenvalue weighted by molar-refractivity contribution is 4.97. The van der Waals surface area contributed by atoms with Crippen molar-refractivity contribution in [2.45, 2.75) is 66.5 Å². The smallest absolute Gasteiger partial charge is 0.0159 e. The molecule has 1 N–H and O–H groups in total. The van der Waals surface area contributed by atoms with E-state index < -0.39 is 0 Å². The quantitative estimate of drug-likeness (QED) is 0.767. The lowest BCUT2D eigenvalue weighted by Gasteiger charge is -2.35. The molecular weight excluding hydrogens is 208 g/mol. The van der Waals surface area contributed by atoms with Gasteiger partial charge in [-0.3, -0.25) is 0 Å². The molecule has 0 saturated heterocycles. The molecule has 0 spiro atoms. The van der Waals surface area contributed by atoms with Gasteiger partial charge in [-0.2, -0.15) is 0 Å². The summed E-state index contributed by atoms with van der Waals surface area (Å²) in [5.41, 5.74) is 0.469. The van der Waals surface area contributed by atoms with Crippen molar-refractivity contribution in [1.29, 1.82) is 0 Å². The average Bonchev–Trinajstić information content (AvgIpc) is 2.52. The third-order valence-electron chi connectivity index (χ3n) is 4.50. The van der Waals surface area contributed by atoms with Gasteiger partial charge in [-0.25, -0.2) is 0 Å². The van der Waals surface area contributed by atoms with Crippen molar-refractivity contribution in [1.82, 2.24) is 10.2 Å². The second kappa shape index (κ2) is 6.19. The normalized spacial score (nSPS) is 28.2. The van der Waals surface area contributed by atoms with Gasteiger partial charge in [-0.1, -0.05) is 27.7 Å². The molecule has 0 heterocycles. The first kappa shape index (κ1) is 15.0. The molecule has 0 aliphatic heterocycles. The Morgan fingerprint density at radius 2 is 1.94 bits per heavy atom. The molecule has 2 unspecified atom stereocenters. The lowest BCUT2D eigenvalue weighted by atomic mass is 9.84. The highest BCUT2D eigenvalue weighted by atomic mass is 15.1. The molecule has 2 nitrogen and oxygen atoms in total. The lowest BCUT2D eigenvalue weighted by Crippen LogP contribution is -2.46. The molecule has 1 aliphatic carbocycles. The Balaban J connectivity index is 2.63. The molecular formula is C15H32N2. The predicted octanol–water partition coefficient (Wildman–Crippen LogP) is 3.13. The zero-order valence-corrected chi connectivity index (χ0v) is 12.7. The van der Waals surface area contributed by atoms with Gasteiger partial charge in [0.15, 0.2) is 0 Å². The summed E-state index contributed by atoms with van der Waals surface area (Å²) >= 11 is 0. The maximum atomic E-state index is 3.73. The van der Waals surface area contributed by atoms with E-state index in [2.05, 4.69) is 51.8 Å². The van der Waals surface area contributed by atoms with Gasteiger partial charge in [0, 0.05) is 18.6 Å². The van der Waals surface area contributed by atoms with Gasteiger partial charge in [0.2, 0.25) is 0 Å². The Morgan fingerprint density at radius 3 is 2.41 bits per heavy atom. The van der Waals surface area contributed by atoms with Crippen LogP contribution in [0.15, 0.2) is 0 Å². The van der Waals surface area contributed by atoms with Gasteiger partial charge in [-0.15, -0.1) is 0 Å². The minimum atomic E-state index is 0.469. The SMILES string of the molecule is CCNC1C(CN(CC)C(C)C)CCC1(C)C. The molecule has 0 aromatic carbocycles. The van der Waals surface area contributed by atoms with Gasteiger partial charge < -0.3 is 10.2 Å². The van der Waals surface area contributed by atoms with Crippen LogP contribution >= 0.6 is 0 Å². The van der Waals surface area contributed by atoms with Crippen LogP contribution in [0.2, 0.25) is 0 Å². The van der Waals surface area contributed by atoms with E-state index in [9.17, 15) is 0 Å². The second-order valence-corrected chi connectivity index (χ2v) is 6.50.